The van der Waals surface area contributed by atoms with Crippen LogP contribution in [0.25, 0.3) is 0 Å². The van der Waals surface area contributed by atoms with Crippen molar-refractivity contribution in [1.29, 1.82) is 0 Å². The molecule has 0 aliphatic carbocycles. The largest absolute Gasteiger partial charge is 0.376 e. The first-order valence-corrected chi connectivity index (χ1v) is 10.7. The van der Waals surface area contributed by atoms with E-state index < -0.39 is 15.3 Å². The highest BCUT2D eigenvalue weighted by atomic mass is 32.2. The Kier molecular flexibility index (Phi) is 6.09. The fraction of sp³-hybridized carbons (Fsp3) is 0.467. The molecular formula is C15H20N6O4S2. The van der Waals surface area contributed by atoms with Crippen LogP contribution in [-0.4, -0.2) is 52.5 Å². The van der Waals surface area contributed by atoms with Gasteiger partial charge in [-0.25, -0.2) is 18.2 Å². The second kappa shape index (κ2) is 8.33. The summed E-state index contributed by atoms with van der Waals surface area (Å²) in [4.78, 5) is 12.4. The highest BCUT2D eigenvalue weighted by molar-refractivity contribution is 8.00. The molecule has 1 fully saturated rings. The Hall–Kier alpha value is -2.02. The number of hydrogen-bond donors (Lipinski definition) is 2. The van der Waals surface area contributed by atoms with Gasteiger partial charge in [0.1, 0.15) is 0 Å². The first kappa shape index (κ1) is 19.7. The molecule has 1 aromatic heterocycles. The molecular weight excluding hydrogens is 392 g/mol. The SMILES string of the molecule is CC(Sc1nnnn1CC1CCCO1)C(=O)Nc1cccc(S(N)(=O)=O)c1. The number of nitrogens with zero attached hydrogens (tertiary/aromatic N) is 4. The second-order valence-electron chi connectivity index (χ2n) is 6.10. The minimum Gasteiger partial charge on any atom is -0.376 e. The first-order valence-electron chi connectivity index (χ1n) is 8.31. The molecule has 1 amide bonds. The number of carbonyl (C=O) groups is 1. The number of primary sulfonamides is 1. The summed E-state index contributed by atoms with van der Waals surface area (Å²) in [5.74, 6) is -0.307. The van der Waals surface area contributed by atoms with E-state index in [0.29, 0.717) is 17.4 Å². The van der Waals surface area contributed by atoms with Crippen molar-refractivity contribution in [2.24, 2.45) is 5.14 Å². The highest BCUT2D eigenvalue weighted by Crippen LogP contribution is 2.23. The average Bonchev–Trinajstić information content (AvgIpc) is 3.27. The number of hydrogen-bond acceptors (Lipinski definition) is 8. The maximum atomic E-state index is 12.4. The van der Waals surface area contributed by atoms with E-state index >= 15 is 0 Å². The lowest BCUT2D eigenvalue weighted by Gasteiger charge is -2.13. The molecule has 10 nitrogen and oxygen atoms in total. The van der Waals surface area contributed by atoms with Crippen LogP contribution in [0.3, 0.4) is 0 Å². The van der Waals surface area contributed by atoms with Gasteiger partial charge in [-0.2, -0.15) is 0 Å². The van der Waals surface area contributed by atoms with Gasteiger partial charge in [-0.1, -0.05) is 17.8 Å². The first-order chi connectivity index (χ1) is 12.8. The molecule has 146 valence electrons. The Morgan fingerprint density at radius 1 is 1.52 bits per heavy atom. The number of aromatic nitrogens is 4. The number of benzene rings is 1. The molecule has 12 heteroatoms. The van der Waals surface area contributed by atoms with Crippen LogP contribution in [0, 0.1) is 0 Å². The molecule has 3 N–H and O–H groups in total. The van der Waals surface area contributed by atoms with E-state index in [-0.39, 0.29) is 16.9 Å². The van der Waals surface area contributed by atoms with E-state index in [9.17, 15) is 13.2 Å². The number of anilines is 1. The summed E-state index contributed by atoms with van der Waals surface area (Å²) in [5.41, 5.74) is 0.345. The van der Waals surface area contributed by atoms with E-state index in [2.05, 4.69) is 20.8 Å². The van der Waals surface area contributed by atoms with Crippen LogP contribution in [0.4, 0.5) is 5.69 Å². The number of nitrogens with one attached hydrogen (secondary N) is 1. The molecule has 0 bridgehead atoms. The molecule has 2 unspecified atom stereocenters. The minimum absolute atomic E-state index is 0.0684. The number of amides is 1. The van der Waals surface area contributed by atoms with E-state index in [1.807, 2.05) is 0 Å². The maximum absolute atomic E-state index is 12.4. The van der Waals surface area contributed by atoms with E-state index in [0.717, 1.165) is 19.4 Å². The predicted molar refractivity (Wildman–Crippen MR) is 98.6 cm³/mol. The van der Waals surface area contributed by atoms with Crippen LogP contribution in [-0.2, 0) is 26.1 Å². The van der Waals surface area contributed by atoms with Crippen LogP contribution < -0.4 is 10.5 Å². The van der Waals surface area contributed by atoms with Crippen molar-refractivity contribution in [2.75, 3.05) is 11.9 Å². The molecule has 27 heavy (non-hydrogen) atoms. The third-order valence-corrected chi connectivity index (χ3v) is 5.96. The third kappa shape index (κ3) is 5.25. The Morgan fingerprint density at radius 2 is 2.33 bits per heavy atom. The highest BCUT2D eigenvalue weighted by Gasteiger charge is 2.22. The summed E-state index contributed by atoms with van der Waals surface area (Å²) in [5, 5.41) is 19.4. The van der Waals surface area contributed by atoms with Crippen LogP contribution in [0.2, 0.25) is 0 Å². The summed E-state index contributed by atoms with van der Waals surface area (Å²) >= 11 is 1.21. The summed E-state index contributed by atoms with van der Waals surface area (Å²) in [7, 11) is -3.84. The van der Waals surface area contributed by atoms with Gasteiger partial charge in [0.05, 0.1) is 22.8 Å². The van der Waals surface area contributed by atoms with Crippen molar-refractivity contribution in [3.63, 3.8) is 0 Å². The van der Waals surface area contributed by atoms with Gasteiger partial charge >= 0.3 is 0 Å². The molecule has 2 heterocycles. The molecule has 1 aromatic carbocycles. The van der Waals surface area contributed by atoms with Gasteiger partial charge in [0, 0.05) is 12.3 Å². The molecule has 1 aliphatic heterocycles. The number of sulfonamides is 1. The zero-order valence-corrected chi connectivity index (χ0v) is 16.2. The number of rotatable bonds is 7. The van der Waals surface area contributed by atoms with E-state index in [1.165, 1.54) is 30.0 Å². The van der Waals surface area contributed by atoms with Crippen molar-refractivity contribution < 1.29 is 17.9 Å². The van der Waals surface area contributed by atoms with Crippen molar-refractivity contribution in [1.82, 2.24) is 20.2 Å². The van der Waals surface area contributed by atoms with Crippen LogP contribution in [0.5, 0.6) is 0 Å². The van der Waals surface area contributed by atoms with Gasteiger partial charge in [0.15, 0.2) is 0 Å². The predicted octanol–water partition coefficient (Wildman–Crippen LogP) is 0.619. The Morgan fingerprint density at radius 3 is 3.04 bits per heavy atom. The minimum atomic E-state index is -3.84. The van der Waals surface area contributed by atoms with Crippen molar-refractivity contribution in [3.8, 4) is 0 Å². The molecule has 0 saturated carbocycles. The number of carbonyl (C=O) groups excluding carboxylic acids is 1. The summed E-state index contributed by atoms with van der Waals surface area (Å²) in [6.45, 7) is 3.00. The Labute approximate surface area is 160 Å². The van der Waals surface area contributed by atoms with Gasteiger partial charge in [0.2, 0.25) is 21.1 Å². The standard InChI is InChI=1S/C15H20N6O4S2/c1-10(14(22)17-11-4-2-6-13(8-11)27(16,23)24)26-15-18-19-20-21(15)9-12-5-3-7-25-12/h2,4,6,8,10,12H,3,5,7,9H2,1H3,(H,17,22)(H2,16,23,24). The zero-order chi connectivity index (χ0) is 19.4. The van der Waals surface area contributed by atoms with Crippen molar-refractivity contribution in [2.45, 2.75) is 47.7 Å². The molecule has 3 rings (SSSR count). The zero-order valence-electron chi connectivity index (χ0n) is 14.6. The fourth-order valence-electron chi connectivity index (χ4n) is 2.58. The van der Waals surface area contributed by atoms with Crippen LogP contribution in [0.1, 0.15) is 19.8 Å². The number of nitrogens with two attached hydrogens (primary N) is 1. The smallest absolute Gasteiger partial charge is 0.238 e. The quantitative estimate of drug-likeness (QED) is 0.630. The lowest BCUT2D eigenvalue weighted by atomic mass is 10.2. The topological polar surface area (TPSA) is 142 Å². The Bertz CT molecular complexity index is 911. The van der Waals surface area contributed by atoms with Crippen molar-refractivity contribution in [3.05, 3.63) is 24.3 Å². The molecule has 0 radical (unpaired) electrons. The van der Waals surface area contributed by atoms with Crippen LogP contribution in [0.15, 0.2) is 34.3 Å². The fourth-order valence-corrected chi connectivity index (χ4v) is 3.94. The summed E-state index contributed by atoms with van der Waals surface area (Å²) < 4.78 is 30.1. The van der Waals surface area contributed by atoms with Gasteiger partial charge < -0.3 is 10.1 Å². The van der Waals surface area contributed by atoms with E-state index in [4.69, 9.17) is 9.88 Å². The van der Waals surface area contributed by atoms with Gasteiger partial charge in [-0.3, -0.25) is 4.79 Å². The molecule has 2 aromatic rings. The Balaban J connectivity index is 1.62. The van der Waals surface area contributed by atoms with Gasteiger partial charge in [-0.05, 0) is 48.4 Å². The maximum Gasteiger partial charge on any atom is 0.238 e. The van der Waals surface area contributed by atoms with E-state index in [1.54, 1.807) is 17.7 Å². The third-order valence-electron chi connectivity index (χ3n) is 3.98. The molecule has 0 spiro atoms. The van der Waals surface area contributed by atoms with Gasteiger partial charge in [-0.15, -0.1) is 5.10 Å². The summed E-state index contributed by atoms with van der Waals surface area (Å²) in [6, 6.07) is 5.77. The summed E-state index contributed by atoms with van der Waals surface area (Å²) in [6.07, 6.45) is 2.06. The molecule has 2 atom stereocenters. The average molecular weight is 412 g/mol. The lowest BCUT2D eigenvalue weighted by Crippen LogP contribution is -2.24. The normalized spacial score (nSPS) is 18.4. The van der Waals surface area contributed by atoms with Crippen molar-refractivity contribution >= 4 is 33.4 Å². The number of tetrazole rings is 1. The van der Waals surface area contributed by atoms with Gasteiger partial charge in [0.25, 0.3) is 0 Å². The monoisotopic (exact) mass is 412 g/mol. The lowest BCUT2D eigenvalue weighted by molar-refractivity contribution is -0.115. The molecule has 1 aliphatic rings. The van der Waals surface area contributed by atoms with Crippen LogP contribution >= 0.6 is 11.8 Å². The number of thioether (sulfide) groups is 1. The number of ether oxygens (including phenoxy) is 1. The second-order valence-corrected chi connectivity index (χ2v) is 8.97. The molecule has 1 saturated heterocycles.